The molecule has 1 aliphatic rings. The molecule has 0 aliphatic carbocycles. The lowest BCUT2D eigenvalue weighted by molar-refractivity contribution is 0.636. The van der Waals surface area contributed by atoms with Crippen molar-refractivity contribution in [1.82, 2.24) is 29.5 Å². The summed E-state index contributed by atoms with van der Waals surface area (Å²) in [5, 5.41) is 1.09. The summed E-state index contributed by atoms with van der Waals surface area (Å²) >= 11 is 0. The maximum absolute atomic E-state index is 4.76. The van der Waals surface area contributed by atoms with Crippen LogP contribution in [0.15, 0.2) is 55.4 Å². The zero-order valence-corrected chi connectivity index (χ0v) is 15.6. The average molecular weight is 372 g/mol. The fourth-order valence-corrected chi connectivity index (χ4v) is 3.62. The summed E-state index contributed by atoms with van der Waals surface area (Å²) < 4.78 is 2.02. The van der Waals surface area contributed by atoms with E-state index in [2.05, 4.69) is 35.8 Å². The summed E-state index contributed by atoms with van der Waals surface area (Å²) in [6, 6.07) is 7.94. The van der Waals surface area contributed by atoms with Gasteiger partial charge >= 0.3 is 0 Å². The quantitative estimate of drug-likeness (QED) is 0.545. The van der Waals surface area contributed by atoms with Crippen LogP contribution < -0.4 is 9.80 Å². The van der Waals surface area contributed by atoms with Crippen molar-refractivity contribution in [2.45, 2.75) is 0 Å². The molecule has 0 radical (unpaired) electrons. The lowest BCUT2D eigenvalue weighted by Gasteiger charge is -2.35. The van der Waals surface area contributed by atoms with E-state index in [-0.39, 0.29) is 0 Å². The maximum atomic E-state index is 4.76. The van der Waals surface area contributed by atoms with Crippen molar-refractivity contribution < 1.29 is 0 Å². The summed E-state index contributed by atoms with van der Waals surface area (Å²) in [6.07, 6.45) is 9.05. The van der Waals surface area contributed by atoms with Gasteiger partial charge in [-0.05, 0) is 24.3 Å². The molecule has 4 aromatic rings. The molecule has 0 N–H and O–H groups in total. The van der Waals surface area contributed by atoms with Crippen LogP contribution in [-0.2, 0) is 7.05 Å². The van der Waals surface area contributed by atoms with Gasteiger partial charge in [0.05, 0.1) is 11.1 Å². The van der Waals surface area contributed by atoms with E-state index in [1.165, 1.54) is 0 Å². The van der Waals surface area contributed by atoms with E-state index in [4.69, 9.17) is 4.98 Å². The molecule has 1 fully saturated rings. The Kier molecular flexibility index (Phi) is 4.08. The molecule has 5 heterocycles. The number of rotatable bonds is 3. The summed E-state index contributed by atoms with van der Waals surface area (Å²) in [7, 11) is 2.00. The molecule has 4 aromatic heterocycles. The normalized spacial score (nSPS) is 14.6. The van der Waals surface area contributed by atoms with Crippen LogP contribution in [0.3, 0.4) is 0 Å². The first kappa shape index (κ1) is 16.6. The van der Waals surface area contributed by atoms with Crippen molar-refractivity contribution >= 4 is 22.8 Å². The largest absolute Gasteiger partial charge is 0.352 e. The minimum absolute atomic E-state index is 0.765. The van der Waals surface area contributed by atoms with Gasteiger partial charge in [0, 0.05) is 63.6 Å². The van der Waals surface area contributed by atoms with Gasteiger partial charge in [0.25, 0.3) is 0 Å². The molecule has 8 heteroatoms. The summed E-state index contributed by atoms with van der Waals surface area (Å²) in [6.45, 7) is 3.42. The van der Waals surface area contributed by atoms with Gasteiger partial charge in [-0.25, -0.2) is 19.9 Å². The van der Waals surface area contributed by atoms with Gasteiger partial charge < -0.3 is 14.4 Å². The van der Waals surface area contributed by atoms with Crippen LogP contribution in [0.25, 0.3) is 22.3 Å². The van der Waals surface area contributed by atoms with Gasteiger partial charge in [-0.15, -0.1) is 0 Å². The third kappa shape index (κ3) is 2.92. The van der Waals surface area contributed by atoms with Gasteiger partial charge in [-0.3, -0.25) is 4.98 Å². The Labute approximate surface area is 162 Å². The molecule has 1 aliphatic heterocycles. The first-order chi connectivity index (χ1) is 13.8. The molecule has 0 unspecified atom stereocenters. The van der Waals surface area contributed by atoms with Gasteiger partial charge in [0.2, 0.25) is 5.95 Å². The Morgan fingerprint density at radius 3 is 2.43 bits per heavy atom. The van der Waals surface area contributed by atoms with Crippen molar-refractivity contribution in [1.29, 1.82) is 0 Å². The summed E-state index contributed by atoms with van der Waals surface area (Å²) in [5.74, 6) is 1.76. The lowest BCUT2D eigenvalue weighted by Crippen LogP contribution is -2.47. The topological polar surface area (TPSA) is 75.9 Å². The standard InChI is InChI=1S/C20H20N8/c1-26-9-5-16-18(26)23-14-24-19(16)27-10-12-28(13-11-27)20-22-8-4-17(25-20)15-2-6-21-7-3-15/h2-9,14H,10-13H2,1H3. The van der Waals surface area contributed by atoms with Crippen LogP contribution >= 0.6 is 0 Å². The second-order valence-corrected chi connectivity index (χ2v) is 6.81. The van der Waals surface area contributed by atoms with E-state index < -0.39 is 0 Å². The van der Waals surface area contributed by atoms with Crippen LogP contribution in [0.1, 0.15) is 0 Å². The number of anilines is 2. The molecular weight excluding hydrogens is 352 g/mol. The monoisotopic (exact) mass is 372 g/mol. The van der Waals surface area contributed by atoms with Crippen molar-refractivity contribution in [3.63, 3.8) is 0 Å². The third-order valence-electron chi connectivity index (χ3n) is 5.12. The third-order valence-corrected chi connectivity index (χ3v) is 5.12. The highest BCUT2D eigenvalue weighted by Gasteiger charge is 2.22. The predicted octanol–water partition coefficient (Wildman–Crippen LogP) is 2.15. The van der Waals surface area contributed by atoms with Crippen LogP contribution in [0.4, 0.5) is 11.8 Å². The number of nitrogens with zero attached hydrogens (tertiary/aromatic N) is 8. The number of piperazine rings is 1. The SMILES string of the molecule is Cn1ccc2c(N3CCN(c4nccc(-c5ccncc5)n4)CC3)ncnc21. The van der Waals surface area contributed by atoms with Crippen LogP contribution in [-0.4, -0.2) is 55.7 Å². The Hall–Kier alpha value is -3.55. The molecule has 28 heavy (non-hydrogen) atoms. The molecule has 0 aromatic carbocycles. The van der Waals surface area contributed by atoms with E-state index in [0.29, 0.717) is 0 Å². The maximum Gasteiger partial charge on any atom is 0.225 e. The zero-order chi connectivity index (χ0) is 18.9. The molecule has 0 amide bonds. The van der Waals surface area contributed by atoms with Gasteiger partial charge in [0.15, 0.2) is 0 Å². The first-order valence-electron chi connectivity index (χ1n) is 9.29. The van der Waals surface area contributed by atoms with E-state index in [9.17, 15) is 0 Å². The highest BCUT2D eigenvalue weighted by molar-refractivity contribution is 5.87. The van der Waals surface area contributed by atoms with Crippen molar-refractivity contribution in [2.24, 2.45) is 7.05 Å². The zero-order valence-electron chi connectivity index (χ0n) is 15.6. The Morgan fingerprint density at radius 2 is 1.61 bits per heavy atom. The molecule has 0 bridgehead atoms. The van der Waals surface area contributed by atoms with Gasteiger partial charge in [-0.1, -0.05) is 0 Å². The highest BCUT2D eigenvalue weighted by atomic mass is 15.3. The average Bonchev–Trinajstić information content (AvgIpc) is 3.16. The Bertz CT molecular complexity index is 1100. The van der Waals surface area contributed by atoms with Gasteiger partial charge in [-0.2, -0.15) is 0 Å². The number of fused-ring (bicyclic) bond motifs is 1. The predicted molar refractivity (Wildman–Crippen MR) is 108 cm³/mol. The number of pyridine rings is 1. The van der Waals surface area contributed by atoms with E-state index >= 15 is 0 Å². The minimum atomic E-state index is 0.765. The van der Waals surface area contributed by atoms with Crippen molar-refractivity contribution in [2.75, 3.05) is 36.0 Å². The molecule has 8 nitrogen and oxygen atoms in total. The molecule has 0 spiro atoms. The molecule has 1 saturated heterocycles. The summed E-state index contributed by atoms with van der Waals surface area (Å²) in [4.78, 5) is 26.8. The van der Waals surface area contributed by atoms with Crippen LogP contribution in [0, 0.1) is 0 Å². The lowest BCUT2D eigenvalue weighted by atomic mass is 10.2. The number of hydrogen-bond donors (Lipinski definition) is 0. The second-order valence-electron chi connectivity index (χ2n) is 6.81. The minimum Gasteiger partial charge on any atom is -0.352 e. The molecule has 0 saturated carbocycles. The number of aryl methyl sites for hydroxylation is 1. The molecular formula is C20H20N8. The second kappa shape index (κ2) is 6.88. The first-order valence-corrected chi connectivity index (χ1v) is 9.29. The smallest absolute Gasteiger partial charge is 0.225 e. The highest BCUT2D eigenvalue weighted by Crippen LogP contribution is 2.25. The number of aromatic nitrogens is 6. The molecule has 140 valence electrons. The molecule has 5 rings (SSSR count). The fourth-order valence-electron chi connectivity index (χ4n) is 3.62. The Morgan fingerprint density at radius 1 is 0.821 bits per heavy atom. The Balaban J connectivity index is 1.35. The van der Waals surface area contributed by atoms with Crippen molar-refractivity contribution in [3.05, 3.63) is 55.4 Å². The van der Waals surface area contributed by atoms with Crippen LogP contribution in [0.5, 0.6) is 0 Å². The summed E-state index contributed by atoms with van der Waals surface area (Å²) in [5.41, 5.74) is 2.92. The number of hydrogen-bond acceptors (Lipinski definition) is 7. The van der Waals surface area contributed by atoms with E-state index in [1.54, 1.807) is 18.7 Å². The fraction of sp³-hybridized carbons (Fsp3) is 0.250. The van der Waals surface area contributed by atoms with Crippen molar-refractivity contribution in [3.8, 4) is 11.3 Å². The van der Waals surface area contributed by atoms with Gasteiger partial charge in [0.1, 0.15) is 17.8 Å². The van der Waals surface area contributed by atoms with Crippen LogP contribution in [0.2, 0.25) is 0 Å². The van der Waals surface area contributed by atoms with E-state index in [0.717, 1.165) is 60.2 Å². The van der Waals surface area contributed by atoms with E-state index in [1.807, 2.05) is 42.2 Å². The molecule has 0 atom stereocenters.